The van der Waals surface area contributed by atoms with E-state index < -0.39 is 39.1 Å². The number of nitro benzene ring substituents is 1. The van der Waals surface area contributed by atoms with Crippen molar-refractivity contribution in [3.63, 3.8) is 0 Å². The lowest BCUT2D eigenvalue weighted by Crippen LogP contribution is -2.23. The number of hydrogen-bond donors (Lipinski definition) is 2. The molecule has 0 spiro atoms. The van der Waals surface area contributed by atoms with E-state index in [1.165, 1.54) is 18.2 Å². The zero-order valence-electron chi connectivity index (χ0n) is 9.57. The van der Waals surface area contributed by atoms with E-state index >= 15 is 0 Å². The normalized spacial score (nSPS) is 11.6. The van der Waals surface area contributed by atoms with Crippen molar-refractivity contribution in [1.82, 2.24) is 0 Å². The predicted octanol–water partition coefficient (Wildman–Crippen LogP) is 0.367. The van der Waals surface area contributed by atoms with Crippen LogP contribution in [0.4, 0.5) is 11.4 Å². The molecular weight excluding hydrogens is 276 g/mol. The number of hydrogen-bond acceptors (Lipinski definition) is 5. The number of nitrogens with zero attached hydrogens (tertiary/aromatic N) is 1. The lowest BCUT2D eigenvalue weighted by Gasteiger charge is -2.04. The zero-order chi connectivity index (χ0) is 14.4. The van der Waals surface area contributed by atoms with Crippen LogP contribution in [0.1, 0.15) is 0 Å². The van der Waals surface area contributed by atoms with E-state index in [1.807, 2.05) is 0 Å². The van der Waals surface area contributed by atoms with Crippen LogP contribution in [0.15, 0.2) is 24.3 Å². The maximum Gasteiger partial charge on any atom is 0.316 e. The van der Waals surface area contributed by atoms with E-state index in [9.17, 15) is 23.9 Å². The number of carboxylic acids is 1. The lowest BCUT2D eigenvalue weighted by atomic mass is 10.3. The van der Waals surface area contributed by atoms with Gasteiger partial charge in [0.05, 0.1) is 4.92 Å². The van der Waals surface area contributed by atoms with Gasteiger partial charge in [-0.3, -0.25) is 23.9 Å². The number of carbonyl (C=O) groups is 2. The Hall–Kier alpha value is -2.29. The molecule has 1 aromatic rings. The first-order chi connectivity index (χ1) is 8.88. The van der Waals surface area contributed by atoms with Crippen LogP contribution in [0, 0.1) is 10.1 Å². The Morgan fingerprint density at radius 1 is 1.37 bits per heavy atom. The molecule has 102 valence electrons. The average molecular weight is 286 g/mol. The van der Waals surface area contributed by atoms with Crippen molar-refractivity contribution in [3.05, 3.63) is 34.4 Å². The smallest absolute Gasteiger partial charge is 0.316 e. The number of benzene rings is 1. The molecule has 9 heteroatoms. The fraction of sp³-hybridized carbons (Fsp3) is 0.200. The molecule has 0 saturated carbocycles. The highest BCUT2D eigenvalue weighted by Crippen LogP contribution is 2.16. The van der Waals surface area contributed by atoms with E-state index in [2.05, 4.69) is 5.32 Å². The van der Waals surface area contributed by atoms with E-state index in [-0.39, 0.29) is 11.4 Å². The zero-order valence-corrected chi connectivity index (χ0v) is 10.4. The van der Waals surface area contributed by atoms with Crippen LogP contribution in [-0.4, -0.2) is 37.6 Å². The molecule has 8 nitrogen and oxygen atoms in total. The molecule has 0 unspecified atom stereocenters. The largest absolute Gasteiger partial charge is 0.481 e. The third-order valence-electron chi connectivity index (χ3n) is 1.92. The molecule has 0 aliphatic heterocycles. The molecule has 0 aromatic heterocycles. The maximum absolute atomic E-state index is 11.4. The molecule has 0 fully saturated rings. The summed E-state index contributed by atoms with van der Waals surface area (Å²) in [6, 6.07) is 5.24. The van der Waals surface area contributed by atoms with Crippen molar-refractivity contribution < 1.29 is 23.8 Å². The molecule has 19 heavy (non-hydrogen) atoms. The van der Waals surface area contributed by atoms with E-state index in [0.717, 1.165) is 6.07 Å². The molecule has 0 heterocycles. The molecule has 1 amide bonds. The highest BCUT2D eigenvalue weighted by molar-refractivity contribution is 7.86. The van der Waals surface area contributed by atoms with Crippen LogP contribution in [0.3, 0.4) is 0 Å². The first-order valence-corrected chi connectivity index (χ1v) is 6.48. The average Bonchev–Trinajstić information content (AvgIpc) is 2.27. The van der Waals surface area contributed by atoms with Crippen molar-refractivity contribution in [2.45, 2.75) is 0 Å². The highest BCUT2D eigenvalue weighted by atomic mass is 32.2. The van der Waals surface area contributed by atoms with Gasteiger partial charge in [0, 0.05) is 28.6 Å². The minimum atomic E-state index is -1.81. The summed E-state index contributed by atoms with van der Waals surface area (Å²) in [7, 11) is -1.81. The number of anilines is 1. The van der Waals surface area contributed by atoms with Crippen molar-refractivity contribution in [2.24, 2.45) is 0 Å². The van der Waals surface area contributed by atoms with Crippen molar-refractivity contribution in [2.75, 3.05) is 16.8 Å². The van der Waals surface area contributed by atoms with Gasteiger partial charge in [-0.05, 0) is 6.07 Å². The number of carbonyl (C=O) groups excluding carboxylic acids is 1. The number of amides is 1. The Morgan fingerprint density at radius 3 is 2.63 bits per heavy atom. The van der Waals surface area contributed by atoms with Crippen LogP contribution in [-0.2, 0) is 20.4 Å². The van der Waals surface area contributed by atoms with Gasteiger partial charge in [-0.15, -0.1) is 0 Å². The molecule has 2 N–H and O–H groups in total. The van der Waals surface area contributed by atoms with Crippen molar-refractivity contribution in [1.29, 1.82) is 0 Å². The Bertz CT molecular complexity index is 545. The van der Waals surface area contributed by atoms with Gasteiger partial charge in [0.1, 0.15) is 11.5 Å². The van der Waals surface area contributed by atoms with Crippen LogP contribution >= 0.6 is 0 Å². The highest BCUT2D eigenvalue weighted by Gasteiger charge is 2.13. The molecule has 0 aliphatic rings. The third kappa shape index (κ3) is 5.25. The number of non-ortho nitro benzene ring substituents is 1. The van der Waals surface area contributed by atoms with Gasteiger partial charge in [-0.1, -0.05) is 6.07 Å². The fourth-order valence-corrected chi connectivity index (χ4v) is 1.97. The van der Waals surface area contributed by atoms with Gasteiger partial charge >= 0.3 is 5.97 Å². The van der Waals surface area contributed by atoms with Crippen LogP contribution < -0.4 is 5.32 Å². The Kier molecular flexibility index (Phi) is 5.12. The van der Waals surface area contributed by atoms with Crippen LogP contribution in [0.25, 0.3) is 0 Å². The first kappa shape index (κ1) is 14.8. The number of nitro groups is 1. The second-order valence-corrected chi connectivity index (χ2v) is 4.93. The first-order valence-electron chi connectivity index (χ1n) is 4.99. The molecule has 0 bridgehead atoms. The molecule has 0 saturated heterocycles. The number of rotatable bonds is 6. The van der Waals surface area contributed by atoms with E-state index in [1.54, 1.807) is 0 Å². The van der Waals surface area contributed by atoms with Gasteiger partial charge in [0.25, 0.3) is 5.69 Å². The quantitative estimate of drug-likeness (QED) is 0.574. The summed E-state index contributed by atoms with van der Waals surface area (Å²) in [5.41, 5.74) is -0.00372. The van der Waals surface area contributed by atoms with Gasteiger partial charge in [0.2, 0.25) is 5.91 Å². The molecule has 0 aliphatic carbocycles. The van der Waals surface area contributed by atoms with E-state index in [4.69, 9.17) is 5.11 Å². The summed E-state index contributed by atoms with van der Waals surface area (Å²) in [6.07, 6.45) is 0. The topological polar surface area (TPSA) is 127 Å². The monoisotopic (exact) mass is 286 g/mol. The number of nitrogens with one attached hydrogen (secondary N) is 1. The SMILES string of the molecule is O=C(O)C[S@@](=O)CC(=O)Nc1cccc([N+](=O)[O-])c1. The van der Waals surface area contributed by atoms with Crippen molar-refractivity contribution >= 4 is 34.1 Å². The Balaban J connectivity index is 2.62. The van der Waals surface area contributed by atoms with Gasteiger partial charge in [-0.2, -0.15) is 0 Å². The molecule has 1 atom stereocenters. The third-order valence-corrected chi connectivity index (χ3v) is 3.07. The van der Waals surface area contributed by atoms with Crippen LogP contribution in [0.2, 0.25) is 0 Å². The molecular formula is C10H10N2O6S. The molecule has 0 radical (unpaired) electrons. The summed E-state index contributed by atoms with van der Waals surface area (Å²) < 4.78 is 11.2. The standard InChI is InChI=1S/C10H10N2O6S/c13-9(5-19(18)6-10(14)15)11-7-2-1-3-8(4-7)12(16)17/h1-4H,5-6H2,(H,11,13)(H,14,15)/t19-/m0/s1. The Labute approximate surface area is 110 Å². The summed E-state index contributed by atoms with van der Waals surface area (Å²) >= 11 is 0. The lowest BCUT2D eigenvalue weighted by molar-refractivity contribution is -0.384. The molecule has 1 aromatic carbocycles. The second kappa shape index (κ2) is 6.59. The van der Waals surface area contributed by atoms with Crippen LogP contribution in [0.5, 0.6) is 0 Å². The molecule has 1 rings (SSSR count). The van der Waals surface area contributed by atoms with Gasteiger partial charge < -0.3 is 10.4 Å². The van der Waals surface area contributed by atoms with Crippen molar-refractivity contribution in [3.8, 4) is 0 Å². The summed E-state index contributed by atoms with van der Waals surface area (Å²) in [4.78, 5) is 31.6. The summed E-state index contributed by atoms with van der Waals surface area (Å²) in [5, 5.41) is 21.2. The minimum Gasteiger partial charge on any atom is -0.481 e. The predicted molar refractivity (Wildman–Crippen MR) is 67.2 cm³/mol. The van der Waals surface area contributed by atoms with Gasteiger partial charge in [0.15, 0.2) is 0 Å². The number of aliphatic carboxylic acids is 1. The Morgan fingerprint density at radius 2 is 2.05 bits per heavy atom. The minimum absolute atomic E-state index is 0.187. The second-order valence-electron chi connectivity index (χ2n) is 3.48. The summed E-state index contributed by atoms with van der Waals surface area (Å²) in [6.45, 7) is 0. The maximum atomic E-state index is 11.4. The summed E-state index contributed by atoms with van der Waals surface area (Å²) in [5.74, 6) is -3.03. The van der Waals surface area contributed by atoms with Gasteiger partial charge in [-0.25, -0.2) is 0 Å². The number of carboxylic acid groups (broad SMARTS) is 1. The fourth-order valence-electron chi connectivity index (χ4n) is 1.23. The van der Waals surface area contributed by atoms with E-state index in [0.29, 0.717) is 0 Å².